The van der Waals surface area contributed by atoms with Crippen molar-refractivity contribution in [1.29, 1.82) is 0 Å². The number of hydrogen-bond donors (Lipinski definition) is 1. The van der Waals surface area contributed by atoms with Gasteiger partial charge in [0.25, 0.3) is 0 Å². The molecule has 0 atom stereocenters. The van der Waals surface area contributed by atoms with Crippen LogP contribution in [0.15, 0.2) is 46.9 Å². The molecule has 2 rings (SSSR count). The minimum absolute atomic E-state index is 0.238. The maximum atomic E-state index is 11.0. The molecule has 0 saturated carbocycles. The largest absolute Gasteiger partial charge is 0.478 e. The number of carboxylic acids is 1. The SMILES string of the molecule is O=C(O)c1cccc(-c2cccc(Cl)c2)c1Br. The van der Waals surface area contributed by atoms with Crippen LogP contribution in [0.2, 0.25) is 5.02 Å². The molecule has 2 nitrogen and oxygen atoms in total. The van der Waals surface area contributed by atoms with Crippen LogP contribution >= 0.6 is 27.5 Å². The summed E-state index contributed by atoms with van der Waals surface area (Å²) in [5.41, 5.74) is 1.93. The van der Waals surface area contributed by atoms with Gasteiger partial charge in [0, 0.05) is 9.50 Å². The number of carbonyl (C=O) groups is 1. The van der Waals surface area contributed by atoms with Crippen molar-refractivity contribution in [1.82, 2.24) is 0 Å². The number of benzene rings is 2. The fourth-order valence-electron chi connectivity index (χ4n) is 1.58. The Balaban J connectivity index is 2.60. The molecule has 86 valence electrons. The highest BCUT2D eigenvalue weighted by atomic mass is 79.9. The summed E-state index contributed by atoms with van der Waals surface area (Å²) in [7, 11) is 0. The normalized spacial score (nSPS) is 10.2. The minimum Gasteiger partial charge on any atom is -0.478 e. The first-order valence-corrected chi connectivity index (χ1v) is 6.04. The summed E-state index contributed by atoms with van der Waals surface area (Å²) in [5.74, 6) is -0.958. The van der Waals surface area contributed by atoms with Gasteiger partial charge in [-0.1, -0.05) is 35.9 Å². The highest BCUT2D eigenvalue weighted by molar-refractivity contribution is 9.10. The van der Waals surface area contributed by atoms with E-state index in [4.69, 9.17) is 16.7 Å². The highest BCUT2D eigenvalue weighted by Gasteiger charge is 2.12. The fraction of sp³-hybridized carbons (Fsp3) is 0. The smallest absolute Gasteiger partial charge is 0.336 e. The molecular weight excluding hydrogens is 303 g/mol. The lowest BCUT2D eigenvalue weighted by Gasteiger charge is -2.07. The third-order valence-electron chi connectivity index (χ3n) is 2.36. The molecular formula is C13H8BrClO2. The van der Waals surface area contributed by atoms with Crippen molar-refractivity contribution in [3.05, 3.63) is 57.5 Å². The van der Waals surface area contributed by atoms with Crippen molar-refractivity contribution < 1.29 is 9.90 Å². The van der Waals surface area contributed by atoms with E-state index in [9.17, 15) is 4.79 Å². The third kappa shape index (κ3) is 2.51. The lowest BCUT2D eigenvalue weighted by Crippen LogP contribution is -1.98. The molecule has 2 aromatic rings. The van der Waals surface area contributed by atoms with Crippen LogP contribution in [0.4, 0.5) is 0 Å². The zero-order chi connectivity index (χ0) is 12.4. The van der Waals surface area contributed by atoms with E-state index in [0.717, 1.165) is 11.1 Å². The summed E-state index contributed by atoms with van der Waals surface area (Å²) in [6, 6.07) is 12.4. The maximum absolute atomic E-state index is 11.0. The Morgan fingerprint density at radius 1 is 1.18 bits per heavy atom. The fourth-order valence-corrected chi connectivity index (χ4v) is 2.43. The Morgan fingerprint density at radius 3 is 2.53 bits per heavy atom. The van der Waals surface area contributed by atoms with Gasteiger partial charge in [-0.15, -0.1) is 0 Å². The summed E-state index contributed by atoms with van der Waals surface area (Å²) in [6.45, 7) is 0. The Kier molecular flexibility index (Phi) is 3.50. The molecule has 1 N–H and O–H groups in total. The average Bonchev–Trinajstić information content (AvgIpc) is 2.29. The quantitative estimate of drug-likeness (QED) is 0.888. The second-order valence-corrected chi connectivity index (χ2v) is 4.71. The van der Waals surface area contributed by atoms with Crippen molar-refractivity contribution in [3.8, 4) is 11.1 Å². The van der Waals surface area contributed by atoms with E-state index < -0.39 is 5.97 Å². The van der Waals surface area contributed by atoms with Gasteiger partial charge in [-0.25, -0.2) is 4.79 Å². The number of rotatable bonds is 2. The first-order chi connectivity index (χ1) is 8.09. The van der Waals surface area contributed by atoms with Crippen LogP contribution in [0.5, 0.6) is 0 Å². The predicted molar refractivity (Wildman–Crippen MR) is 71.5 cm³/mol. The topological polar surface area (TPSA) is 37.3 Å². The first kappa shape index (κ1) is 12.1. The van der Waals surface area contributed by atoms with E-state index in [1.807, 2.05) is 18.2 Å². The van der Waals surface area contributed by atoms with Gasteiger partial charge in [0.2, 0.25) is 0 Å². The molecule has 0 radical (unpaired) electrons. The van der Waals surface area contributed by atoms with Crippen molar-refractivity contribution in [2.45, 2.75) is 0 Å². The second-order valence-electron chi connectivity index (χ2n) is 3.48. The molecule has 0 saturated heterocycles. The zero-order valence-corrected chi connectivity index (χ0v) is 11.0. The number of halogens is 2. The number of aromatic carboxylic acids is 1. The molecule has 0 heterocycles. The predicted octanol–water partition coefficient (Wildman–Crippen LogP) is 4.47. The van der Waals surface area contributed by atoms with Crippen molar-refractivity contribution in [2.75, 3.05) is 0 Å². The highest BCUT2D eigenvalue weighted by Crippen LogP contribution is 2.32. The Morgan fingerprint density at radius 2 is 1.88 bits per heavy atom. The molecule has 0 amide bonds. The summed E-state index contributed by atoms with van der Waals surface area (Å²) in [5, 5.41) is 9.66. The maximum Gasteiger partial charge on any atom is 0.336 e. The number of carboxylic acid groups (broad SMARTS) is 1. The van der Waals surface area contributed by atoms with Crippen LogP contribution in [0.1, 0.15) is 10.4 Å². The summed E-state index contributed by atoms with van der Waals surface area (Å²) in [4.78, 5) is 11.0. The molecule has 0 bridgehead atoms. The molecule has 0 aromatic heterocycles. The Hall–Kier alpha value is -1.32. The van der Waals surface area contributed by atoms with Crippen LogP contribution < -0.4 is 0 Å². The van der Waals surface area contributed by atoms with Crippen LogP contribution in [0, 0.1) is 0 Å². The van der Waals surface area contributed by atoms with Crippen molar-refractivity contribution in [3.63, 3.8) is 0 Å². The molecule has 2 aromatic carbocycles. The van der Waals surface area contributed by atoms with Crippen molar-refractivity contribution >= 4 is 33.5 Å². The minimum atomic E-state index is -0.958. The lowest BCUT2D eigenvalue weighted by molar-refractivity contribution is 0.0696. The van der Waals surface area contributed by atoms with Gasteiger partial charge >= 0.3 is 5.97 Å². The van der Waals surface area contributed by atoms with Gasteiger partial charge in [-0.3, -0.25) is 0 Å². The average molecular weight is 312 g/mol. The van der Waals surface area contributed by atoms with Crippen LogP contribution in [-0.4, -0.2) is 11.1 Å². The van der Waals surface area contributed by atoms with Gasteiger partial charge < -0.3 is 5.11 Å². The first-order valence-electron chi connectivity index (χ1n) is 4.87. The molecule has 0 aliphatic carbocycles. The third-order valence-corrected chi connectivity index (χ3v) is 3.45. The van der Waals surface area contributed by atoms with Crippen molar-refractivity contribution in [2.24, 2.45) is 0 Å². The van der Waals surface area contributed by atoms with Gasteiger partial charge in [0.1, 0.15) is 0 Å². The second kappa shape index (κ2) is 4.90. The van der Waals surface area contributed by atoms with Crippen LogP contribution in [-0.2, 0) is 0 Å². The molecule has 17 heavy (non-hydrogen) atoms. The van der Waals surface area contributed by atoms with E-state index in [1.54, 1.807) is 24.3 Å². The Bertz CT molecular complexity index is 581. The van der Waals surface area contributed by atoms with Gasteiger partial charge in [-0.05, 0) is 45.3 Å². The lowest BCUT2D eigenvalue weighted by atomic mass is 10.0. The number of hydrogen-bond acceptors (Lipinski definition) is 1. The van der Waals surface area contributed by atoms with Gasteiger partial charge in [-0.2, -0.15) is 0 Å². The van der Waals surface area contributed by atoms with E-state index >= 15 is 0 Å². The molecule has 4 heteroatoms. The zero-order valence-electron chi connectivity index (χ0n) is 8.65. The summed E-state index contributed by atoms with van der Waals surface area (Å²) >= 11 is 9.24. The molecule has 0 aliphatic rings. The molecule has 0 spiro atoms. The van der Waals surface area contributed by atoms with E-state index in [0.29, 0.717) is 9.50 Å². The molecule has 0 fully saturated rings. The standard InChI is InChI=1S/C13H8BrClO2/c14-12-10(5-2-6-11(12)13(16)17)8-3-1-4-9(15)7-8/h1-7H,(H,16,17). The van der Waals surface area contributed by atoms with Crippen LogP contribution in [0.3, 0.4) is 0 Å². The monoisotopic (exact) mass is 310 g/mol. The Labute approximate surface area is 112 Å². The summed E-state index contributed by atoms with van der Waals surface area (Å²) in [6.07, 6.45) is 0. The summed E-state index contributed by atoms with van der Waals surface area (Å²) < 4.78 is 0.565. The van der Waals surface area contributed by atoms with E-state index in [2.05, 4.69) is 15.9 Å². The molecule has 0 unspecified atom stereocenters. The van der Waals surface area contributed by atoms with E-state index in [-0.39, 0.29) is 5.56 Å². The molecule has 0 aliphatic heterocycles. The van der Waals surface area contributed by atoms with Crippen LogP contribution in [0.25, 0.3) is 11.1 Å². The van der Waals surface area contributed by atoms with Gasteiger partial charge in [0.05, 0.1) is 5.56 Å². The van der Waals surface area contributed by atoms with E-state index in [1.165, 1.54) is 0 Å². The van der Waals surface area contributed by atoms with Gasteiger partial charge in [0.15, 0.2) is 0 Å².